The normalized spacial score (nSPS) is 16.7. The van der Waals surface area contributed by atoms with E-state index < -0.39 is 9.05 Å². The van der Waals surface area contributed by atoms with Crippen LogP contribution < -0.4 is 0 Å². The summed E-state index contributed by atoms with van der Waals surface area (Å²) in [5, 5.41) is 5.52. The number of hydrogen-bond donors (Lipinski definition) is 0. The van der Waals surface area contributed by atoms with Crippen LogP contribution in [0.25, 0.3) is 11.4 Å². The van der Waals surface area contributed by atoms with E-state index in [1.165, 1.54) is 12.5 Å². The number of aromatic nitrogens is 2. The van der Waals surface area contributed by atoms with Crippen molar-refractivity contribution in [3.8, 4) is 11.4 Å². The molecule has 1 fully saturated rings. The molecule has 0 atom stereocenters. The minimum absolute atomic E-state index is 0.0918. The smallest absolute Gasteiger partial charge is 0.270 e. The van der Waals surface area contributed by atoms with Crippen LogP contribution in [0, 0.1) is 0 Å². The van der Waals surface area contributed by atoms with Crippen molar-refractivity contribution in [1.82, 2.24) is 10.1 Å². The molecule has 8 heteroatoms. The lowest BCUT2D eigenvalue weighted by Crippen LogP contribution is -2.08. The topological polar surface area (TPSA) is 73.1 Å². The Hall–Kier alpha value is -0.920. The van der Waals surface area contributed by atoms with Crippen LogP contribution in [-0.4, -0.2) is 18.6 Å². The largest absolute Gasteiger partial charge is 0.339 e. The number of halogens is 1. The van der Waals surface area contributed by atoms with Crippen LogP contribution in [-0.2, 0) is 9.05 Å². The van der Waals surface area contributed by atoms with E-state index in [1.54, 1.807) is 5.38 Å². The second kappa shape index (κ2) is 4.32. The van der Waals surface area contributed by atoms with E-state index in [2.05, 4.69) is 10.1 Å². The molecule has 18 heavy (non-hydrogen) atoms. The number of rotatable bonds is 3. The van der Waals surface area contributed by atoms with Gasteiger partial charge in [-0.05, 0) is 18.9 Å². The van der Waals surface area contributed by atoms with E-state index in [-0.39, 0.29) is 4.21 Å². The number of nitrogens with zero attached hydrogens (tertiary/aromatic N) is 2. The fourth-order valence-electron chi connectivity index (χ4n) is 1.74. The summed E-state index contributed by atoms with van der Waals surface area (Å²) < 4.78 is 27.6. The van der Waals surface area contributed by atoms with Crippen LogP contribution >= 0.6 is 22.0 Å². The minimum atomic E-state index is -3.69. The molecule has 0 unspecified atom stereocenters. The number of thiophene rings is 1. The van der Waals surface area contributed by atoms with Gasteiger partial charge in [-0.3, -0.25) is 0 Å². The fourth-order valence-corrected chi connectivity index (χ4v) is 3.68. The molecule has 0 radical (unpaired) electrons. The first-order valence-electron chi connectivity index (χ1n) is 5.41. The summed E-state index contributed by atoms with van der Waals surface area (Å²) in [6.45, 7) is 0. The second-order valence-corrected chi connectivity index (χ2v) is 7.88. The maximum Gasteiger partial charge on any atom is 0.270 e. The summed E-state index contributed by atoms with van der Waals surface area (Å²) in [5.41, 5.74) is 0.619. The molecule has 0 saturated heterocycles. The Kier molecular flexibility index (Phi) is 2.91. The van der Waals surface area contributed by atoms with Crippen molar-refractivity contribution in [2.75, 3.05) is 0 Å². The van der Waals surface area contributed by atoms with Crippen LogP contribution in [0.15, 0.2) is 20.2 Å². The maximum absolute atomic E-state index is 11.2. The van der Waals surface area contributed by atoms with E-state index in [4.69, 9.17) is 15.2 Å². The monoisotopic (exact) mass is 304 g/mol. The SMILES string of the molecule is O=S(=O)(Cl)c1cc(-c2noc(C3CCC3)n2)cs1. The first-order valence-corrected chi connectivity index (χ1v) is 8.60. The summed E-state index contributed by atoms with van der Waals surface area (Å²) >= 11 is 1.05. The molecule has 0 bridgehead atoms. The zero-order valence-electron chi connectivity index (χ0n) is 9.17. The Balaban J connectivity index is 1.90. The highest BCUT2D eigenvalue weighted by atomic mass is 35.7. The molecule has 5 nitrogen and oxygen atoms in total. The molecule has 0 aliphatic heterocycles. The third-order valence-corrected chi connectivity index (χ3v) is 6.01. The minimum Gasteiger partial charge on any atom is -0.339 e. The van der Waals surface area contributed by atoms with Gasteiger partial charge >= 0.3 is 0 Å². The molecule has 1 aliphatic carbocycles. The Morgan fingerprint density at radius 3 is 2.78 bits per heavy atom. The summed E-state index contributed by atoms with van der Waals surface area (Å²) in [5.74, 6) is 1.42. The summed E-state index contributed by atoms with van der Waals surface area (Å²) in [6, 6.07) is 1.46. The first kappa shape index (κ1) is 12.1. The standard InChI is InChI=1S/C10H9ClN2O3S2/c11-18(14,15)8-4-7(5-17-8)9-12-10(16-13-9)6-2-1-3-6/h4-6H,1-3H2. The Bertz CT molecular complexity index is 673. The Labute approximate surface area is 112 Å². The van der Waals surface area contributed by atoms with Gasteiger partial charge in [-0.25, -0.2) is 8.42 Å². The van der Waals surface area contributed by atoms with Crippen LogP contribution in [0.3, 0.4) is 0 Å². The van der Waals surface area contributed by atoms with Gasteiger partial charge in [0.25, 0.3) is 9.05 Å². The van der Waals surface area contributed by atoms with Crippen molar-refractivity contribution >= 4 is 31.1 Å². The lowest BCUT2D eigenvalue weighted by atomic mass is 9.85. The second-order valence-electron chi connectivity index (χ2n) is 4.18. The Morgan fingerprint density at radius 2 is 2.22 bits per heavy atom. The third kappa shape index (κ3) is 2.17. The number of hydrogen-bond acceptors (Lipinski definition) is 6. The average Bonchev–Trinajstić information content (AvgIpc) is 2.78. The molecule has 0 amide bonds. The summed E-state index contributed by atoms with van der Waals surface area (Å²) in [7, 11) is 1.58. The summed E-state index contributed by atoms with van der Waals surface area (Å²) in [4.78, 5) is 4.29. The van der Waals surface area contributed by atoms with E-state index in [9.17, 15) is 8.42 Å². The fraction of sp³-hybridized carbons (Fsp3) is 0.400. The predicted molar refractivity (Wildman–Crippen MR) is 67.2 cm³/mol. The molecule has 2 aromatic rings. The molecule has 0 aromatic carbocycles. The third-order valence-electron chi connectivity index (χ3n) is 2.97. The molecule has 96 valence electrons. The van der Waals surface area contributed by atoms with Gasteiger partial charge in [-0.15, -0.1) is 11.3 Å². The van der Waals surface area contributed by atoms with Gasteiger partial charge in [-0.1, -0.05) is 11.6 Å². The highest BCUT2D eigenvalue weighted by molar-refractivity contribution is 8.15. The zero-order valence-corrected chi connectivity index (χ0v) is 11.6. The van der Waals surface area contributed by atoms with Crippen molar-refractivity contribution in [3.05, 3.63) is 17.3 Å². The van der Waals surface area contributed by atoms with Gasteiger partial charge in [0.15, 0.2) is 0 Å². The van der Waals surface area contributed by atoms with Crippen molar-refractivity contribution in [2.45, 2.75) is 29.4 Å². The molecular weight excluding hydrogens is 296 g/mol. The van der Waals surface area contributed by atoms with Crippen LogP contribution in [0.1, 0.15) is 31.1 Å². The lowest BCUT2D eigenvalue weighted by molar-refractivity contribution is 0.292. The quantitative estimate of drug-likeness (QED) is 0.815. The van der Waals surface area contributed by atoms with E-state index in [0.29, 0.717) is 23.2 Å². The molecule has 1 aliphatic rings. The summed E-state index contributed by atoms with van der Waals surface area (Å²) in [6.07, 6.45) is 3.34. The average molecular weight is 305 g/mol. The lowest BCUT2D eigenvalue weighted by Gasteiger charge is -2.20. The molecule has 2 aromatic heterocycles. The Morgan fingerprint density at radius 1 is 1.44 bits per heavy atom. The van der Waals surface area contributed by atoms with Gasteiger partial charge < -0.3 is 4.52 Å². The highest BCUT2D eigenvalue weighted by Crippen LogP contribution is 2.36. The van der Waals surface area contributed by atoms with Gasteiger partial charge in [0.2, 0.25) is 11.7 Å². The van der Waals surface area contributed by atoms with Gasteiger partial charge in [0.05, 0.1) is 0 Å². The van der Waals surface area contributed by atoms with Crippen molar-refractivity contribution in [3.63, 3.8) is 0 Å². The molecule has 0 N–H and O–H groups in total. The molecular formula is C10H9ClN2O3S2. The van der Waals surface area contributed by atoms with E-state index in [0.717, 1.165) is 24.2 Å². The van der Waals surface area contributed by atoms with Crippen molar-refractivity contribution in [2.24, 2.45) is 0 Å². The van der Waals surface area contributed by atoms with E-state index in [1.807, 2.05) is 0 Å². The van der Waals surface area contributed by atoms with Crippen molar-refractivity contribution in [1.29, 1.82) is 0 Å². The molecule has 3 rings (SSSR count). The molecule has 1 saturated carbocycles. The van der Waals surface area contributed by atoms with Crippen LogP contribution in [0.4, 0.5) is 0 Å². The first-order chi connectivity index (χ1) is 8.54. The van der Waals surface area contributed by atoms with E-state index >= 15 is 0 Å². The van der Waals surface area contributed by atoms with Gasteiger partial charge in [0.1, 0.15) is 4.21 Å². The zero-order chi connectivity index (χ0) is 12.8. The molecule has 2 heterocycles. The maximum atomic E-state index is 11.2. The molecule has 0 spiro atoms. The van der Waals surface area contributed by atoms with Crippen LogP contribution in [0.2, 0.25) is 0 Å². The van der Waals surface area contributed by atoms with Crippen molar-refractivity contribution < 1.29 is 12.9 Å². The highest BCUT2D eigenvalue weighted by Gasteiger charge is 2.26. The van der Waals surface area contributed by atoms with Gasteiger partial charge in [0, 0.05) is 27.5 Å². The van der Waals surface area contributed by atoms with Crippen LogP contribution in [0.5, 0.6) is 0 Å². The predicted octanol–water partition coefficient (Wildman–Crippen LogP) is 2.99. The van der Waals surface area contributed by atoms with Gasteiger partial charge in [-0.2, -0.15) is 4.98 Å².